The molecule has 0 aromatic heterocycles. The van der Waals surface area contributed by atoms with E-state index in [1.54, 1.807) is 48.5 Å². The zero-order valence-electron chi connectivity index (χ0n) is 9.41. The lowest BCUT2D eigenvalue weighted by Gasteiger charge is -2.09. The van der Waals surface area contributed by atoms with Gasteiger partial charge in [0.15, 0.2) is 6.07 Å². The summed E-state index contributed by atoms with van der Waals surface area (Å²) in [5, 5.41) is 0. The van der Waals surface area contributed by atoms with Gasteiger partial charge in [-0.15, -0.1) is 0 Å². The van der Waals surface area contributed by atoms with Crippen LogP contribution in [0.3, 0.4) is 0 Å². The van der Waals surface area contributed by atoms with Crippen LogP contribution in [-0.4, -0.2) is 14.5 Å². The predicted molar refractivity (Wildman–Crippen MR) is 69.7 cm³/mol. The number of sulfone groups is 1. The fourth-order valence-corrected chi connectivity index (χ4v) is 3.11. The van der Waals surface area contributed by atoms with E-state index in [4.69, 9.17) is 16.3 Å². The van der Waals surface area contributed by atoms with Crippen molar-refractivity contribution in [3.8, 4) is 5.75 Å². The third-order valence-corrected chi connectivity index (χ3v) is 4.32. The summed E-state index contributed by atoms with van der Waals surface area (Å²) in [6.45, 7) is 0. The first-order valence-electron chi connectivity index (χ1n) is 5.24. The summed E-state index contributed by atoms with van der Waals surface area (Å²) in [5.41, 5.74) is 0. The number of hydrogen-bond donors (Lipinski definition) is 0. The van der Waals surface area contributed by atoms with E-state index in [0.717, 1.165) is 0 Å². The Morgan fingerprint density at radius 1 is 0.944 bits per heavy atom. The van der Waals surface area contributed by atoms with Gasteiger partial charge in [0, 0.05) is 0 Å². The first kappa shape index (κ1) is 12.9. The molecule has 0 N–H and O–H groups in total. The molecule has 0 heterocycles. The van der Waals surface area contributed by atoms with Crippen LogP contribution in [0, 0.1) is 0 Å². The van der Waals surface area contributed by atoms with Gasteiger partial charge in [-0.05, 0) is 24.3 Å². The molecule has 2 rings (SSSR count). The summed E-state index contributed by atoms with van der Waals surface area (Å²) in [6.07, 6.45) is 0. The molecule has 3 nitrogen and oxygen atoms in total. The summed E-state index contributed by atoms with van der Waals surface area (Å²) < 4.78 is 29.9. The first-order valence-corrected chi connectivity index (χ1v) is 7.26. The van der Waals surface area contributed by atoms with Crippen LogP contribution in [0.25, 0.3) is 0 Å². The molecule has 18 heavy (non-hydrogen) atoms. The Morgan fingerprint density at radius 2 is 1.56 bits per heavy atom. The average molecular weight is 283 g/mol. The molecule has 0 atom stereocenters. The number of halogens is 1. The normalized spacial score (nSPS) is 11.2. The summed E-state index contributed by atoms with van der Waals surface area (Å²) in [6, 6.07) is 14.6. The second kappa shape index (κ2) is 5.42. The topological polar surface area (TPSA) is 43.4 Å². The van der Waals surface area contributed by atoms with Crippen LogP contribution in [0.15, 0.2) is 64.4 Å². The van der Waals surface area contributed by atoms with Crippen molar-refractivity contribution in [3.63, 3.8) is 0 Å². The quantitative estimate of drug-likeness (QED) is 0.810. The summed E-state index contributed by atoms with van der Waals surface area (Å²) in [7, 11) is -3.58. The molecule has 0 bridgehead atoms. The highest BCUT2D eigenvalue weighted by Crippen LogP contribution is 2.29. The van der Waals surface area contributed by atoms with Crippen LogP contribution in [0.4, 0.5) is 0 Å². The largest absolute Gasteiger partial charge is 0.477 e. The van der Waals surface area contributed by atoms with Gasteiger partial charge in [0.25, 0.3) is 0 Å². The molecule has 0 fully saturated rings. The summed E-state index contributed by atoms with van der Waals surface area (Å²) in [5.74, 6) is 0.261. The van der Waals surface area contributed by atoms with Crippen LogP contribution >= 0.6 is 11.6 Å². The highest BCUT2D eigenvalue weighted by molar-refractivity contribution is 7.91. The molecule has 2 aromatic carbocycles. The van der Waals surface area contributed by atoms with Crippen molar-refractivity contribution in [3.05, 3.63) is 54.6 Å². The van der Waals surface area contributed by atoms with E-state index in [0.29, 0.717) is 0 Å². The van der Waals surface area contributed by atoms with E-state index in [1.807, 2.05) is 0 Å². The zero-order valence-corrected chi connectivity index (χ0v) is 11.0. The average Bonchev–Trinajstić information content (AvgIpc) is 2.41. The minimum absolute atomic E-state index is 0.0959. The third-order valence-electron chi connectivity index (χ3n) is 2.40. The number of hydrogen-bond acceptors (Lipinski definition) is 3. The van der Waals surface area contributed by atoms with E-state index in [1.165, 1.54) is 6.07 Å². The zero-order chi connectivity index (χ0) is 13.0. The maximum atomic E-state index is 12.4. The van der Waals surface area contributed by atoms with Gasteiger partial charge in [-0.2, -0.15) is 0 Å². The molecule has 0 radical (unpaired) electrons. The third kappa shape index (κ3) is 2.49. The van der Waals surface area contributed by atoms with E-state index in [9.17, 15) is 8.42 Å². The van der Waals surface area contributed by atoms with E-state index in [-0.39, 0.29) is 21.6 Å². The molecular formula is C13H11ClO3S. The van der Waals surface area contributed by atoms with Gasteiger partial charge < -0.3 is 4.74 Å². The van der Waals surface area contributed by atoms with Crippen LogP contribution in [0.2, 0.25) is 0 Å². The fourth-order valence-electron chi connectivity index (χ4n) is 1.58. The Kier molecular flexibility index (Phi) is 3.89. The lowest BCUT2D eigenvalue weighted by molar-refractivity contribution is 0.377. The number of benzene rings is 2. The first-order chi connectivity index (χ1) is 8.66. The number of rotatable bonds is 4. The van der Waals surface area contributed by atoms with Crippen LogP contribution in [0.5, 0.6) is 5.75 Å². The van der Waals surface area contributed by atoms with Crippen LogP contribution < -0.4 is 4.74 Å². The van der Waals surface area contributed by atoms with Gasteiger partial charge in [-0.1, -0.05) is 41.9 Å². The van der Waals surface area contributed by atoms with Crippen molar-refractivity contribution in [2.24, 2.45) is 0 Å². The fraction of sp³-hybridized carbons (Fsp3) is 0.0769. The van der Waals surface area contributed by atoms with Crippen molar-refractivity contribution >= 4 is 21.4 Å². The molecule has 0 aliphatic carbocycles. The second-order valence-corrected chi connectivity index (χ2v) is 5.65. The molecular weight excluding hydrogens is 272 g/mol. The van der Waals surface area contributed by atoms with Gasteiger partial charge in [-0.3, -0.25) is 0 Å². The minimum Gasteiger partial charge on any atom is -0.477 e. The lowest BCUT2D eigenvalue weighted by atomic mass is 10.3. The van der Waals surface area contributed by atoms with Gasteiger partial charge in [-0.25, -0.2) is 8.42 Å². The monoisotopic (exact) mass is 282 g/mol. The van der Waals surface area contributed by atoms with Crippen molar-refractivity contribution in [2.45, 2.75) is 9.79 Å². The molecule has 0 unspecified atom stereocenters. The maximum absolute atomic E-state index is 12.4. The van der Waals surface area contributed by atoms with E-state index in [2.05, 4.69) is 0 Å². The van der Waals surface area contributed by atoms with Crippen LogP contribution in [-0.2, 0) is 9.84 Å². The van der Waals surface area contributed by atoms with Gasteiger partial charge >= 0.3 is 0 Å². The highest BCUT2D eigenvalue weighted by Gasteiger charge is 2.21. The molecule has 0 amide bonds. The Hall–Kier alpha value is -1.52. The Bertz CT molecular complexity index is 624. The molecule has 0 aliphatic rings. The molecule has 5 heteroatoms. The Morgan fingerprint density at radius 3 is 2.22 bits per heavy atom. The Labute approximate surface area is 111 Å². The molecule has 0 saturated heterocycles. The van der Waals surface area contributed by atoms with Crippen LogP contribution in [0.1, 0.15) is 0 Å². The summed E-state index contributed by atoms with van der Waals surface area (Å²) in [4.78, 5) is 0.354. The van der Waals surface area contributed by atoms with Gasteiger partial charge in [0.1, 0.15) is 10.6 Å². The van der Waals surface area contributed by atoms with E-state index >= 15 is 0 Å². The van der Waals surface area contributed by atoms with Crippen molar-refractivity contribution in [1.82, 2.24) is 0 Å². The van der Waals surface area contributed by atoms with E-state index < -0.39 is 9.84 Å². The maximum Gasteiger partial charge on any atom is 0.210 e. The Balaban J connectivity index is 2.55. The standard InChI is InChI=1S/C13H11ClO3S/c14-10-17-12-8-4-5-9-13(12)18(15,16)11-6-2-1-3-7-11/h1-9H,10H2. The molecule has 94 valence electrons. The second-order valence-electron chi connectivity index (χ2n) is 3.52. The highest BCUT2D eigenvalue weighted by atomic mass is 35.5. The molecule has 0 saturated carbocycles. The SMILES string of the molecule is O=S(=O)(c1ccccc1)c1ccccc1OCCl. The lowest BCUT2D eigenvalue weighted by Crippen LogP contribution is -2.04. The molecule has 2 aromatic rings. The van der Waals surface area contributed by atoms with Crippen molar-refractivity contribution < 1.29 is 13.2 Å². The van der Waals surface area contributed by atoms with Gasteiger partial charge in [0.2, 0.25) is 9.84 Å². The predicted octanol–water partition coefficient (Wildman–Crippen LogP) is 3.09. The minimum atomic E-state index is -3.58. The van der Waals surface area contributed by atoms with Crippen molar-refractivity contribution in [1.29, 1.82) is 0 Å². The summed E-state index contributed by atoms with van der Waals surface area (Å²) >= 11 is 5.49. The molecule has 0 aliphatic heterocycles. The van der Waals surface area contributed by atoms with Crippen molar-refractivity contribution in [2.75, 3.05) is 6.07 Å². The number of ether oxygens (including phenoxy) is 1. The number of para-hydroxylation sites is 1. The number of alkyl halides is 1. The van der Waals surface area contributed by atoms with Gasteiger partial charge in [0.05, 0.1) is 4.90 Å². The molecule has 0 spiro atoms. The smallest absolute Gasteiger partial charge is 0.210 e.